The number of quaternary nitrogens is 1. The van der Waals surface area contributed by atoms with Crippen LogP contribution in [-0.2, 0) is 4.79 Å². The van der Waals surface area contributed by atoms with Crippen LogP contribution < -0.4 is 15.0 Å². The van der Waals surface area contributed by atoms with Crippen LogP contribution in [0.25, 0.3) is 11.5 Å². The smallest absolute Gasteiger partial charge is 0.279 e. The van der Waals surface area contributed by atoms with Gasteiger partial charge in [0, 0.05) is 11.3 Å². The molecule has 3 rings (SSSR count). The van der Waals surface area contributed by atoms with Crippen molar-refractivity contribution in [1.29, 1.82) is 0 Å². The summed E-state index contributed by atoms with van der Waals surface area (Å²) in [6, 6.07) is 12.9. The Morgan fingerprint density at radius 3 is 2.68 bits per heavy atom. The first-order valence-corrected chi connectivity index (χ1v) is 8.82. The van der Waals surface area contributed by atoms with Gasteiger partial charge in [-0.2, -0.15) is 0 Å². The Labute approximate surface area is 162 Å². The van der Waals surface area contributed by atoms with Gasteiger partial charge in [0.1, 0.15) is 11.6 Å². The van der Waals surface area contributed by atoms with Crippen molar-refractivity contribution < 1.29 is 23.2 Å². The minimum Gasteiger partial charge on any atom is -0.497 e. The molecule has 0 spiro atoms. The van der Waals surface area contributed by atoms with E-state index in [0.717, 1.165) is 16.2 Å². The molecule has 0 bridgehead atoms. The van der Waals surface area contributed by atoms with E-state index in [1.54, 1.807) is 19.2 Å². The first kappa shape index (κ1) is 19.5. The fourth-order valence-corrected chi connectivity index (χ4v) is 2.65. The number of nitrogens with zero attached hydrogens (tertiary/aromatic N) is 2. The minimum atomic E-state index is -0.399. The largest absolute Gasteiger partial charge is 0.497 e. The van der Waals surface area contributed by atoms with Crippen molar-refractivity contribution in [2.75, 3.05) is 26.0 Å². The molecule has 0 radical (unpaired) electrons. The van der Waals surface area contributed by atoms with Gasteiger partial charge in [-0.05, 0) is 49.4 Å². The highest BCUT2D eigenvalue weighted by Crippen LogP contribution is 2.22. The van der Waals surface area contributed by atoms with Gasteiger partial charge in [-0.25, -0.2) is 4.39 Å². The van der Waals surface area contributed by atoms with Crippen molar-refractivity contribution in [3.63, 3.8) is 0 Å². The SMILES string of the molecule is COc1ccc(-c2nnc([C@@H](C)[NH+](C)CC(=O)Nc3cccc(F)c3)o2)cc1. The number of benzene rings is 2. The summed E-state index contributed by atoms with van der Waals surface area (Å²) in [4.78, 5) is 13.1. The van der Waals surface area contributed by atoms with Gasteiger partial charge in [0.2, 0.25) is 5.89 Å². The van der Waals surface area contributed by atoms with Gasteiger partial charge in [0.15, 0.2) is 12.6 Å². The average Bonchev–Trinajstić information content (AvgIpc) is 3.17. The van der Waals surface area contributed by atoms with Crippen molar-refractivity contribution >= 4 is 11.6 Å². The normalized spacial score (nSPS) is 13.0. The number of hydrogen-bond donors (Lipinski definition) is 2. The fraction of sp³-hybridized carbons (Fsp3) is 0.250. The third kappa shape index (κ3) is 4.72. The van der Waals surface area contributed by atoms with Gasteiger partial charge in [-0.3, -0.25) is 4.79 Å². The second-order valence-corrected chi connectivity index (χ2v) is 6.48. The molecule has 8 heteroatoms. The van der Waals surface area contributed by atoms with E-state index in [1.165, 1.54) is 12.1 Å². The molecule has 7 nitrogen and oxygen atoms in total. The maximum atomic E-state index is 13.2. The Balaban J connectivity index is 1.62. The molecular weight excluding hydrogens is 363 g/mol. The van der Waals surface area contributed by atoms with E-state index < -0.39 is 5.82 Å². The van der Waals surface area contributed by atoms with Crippen molar-refractivity contribution in [3.05, 3.63) is 60.2 Å². The van der Waals surface area contributed by atoms with Crippen LogP contribution in [0.3, 0.4) is 0 Å². The number of hydrogen-bond acceptors (Lipinski definition) is 5. The summed E-state index contributed by atoms with van der Waals surface area (Å²) in [5, 5.41) is 10.9. The topological polar surface area (TPSA) is 81.7 Å². The van der Waals surface area contributed by atoms with Crippen molar-refractivity contribution in [3.8, 4) is 17.2 Å². The van der Waals surface area contributed by atoms with E-state index >= 15 is 0 Å². The summed E-state index contributed by atoms with van der Waals surface area (Å²) >= 11 is 0. The lowest BCUT2D eigenvalue weighted by Crippen LogP contribution is -3.10. The number of likely N-dealkylation sites (N-methyl/N-ethyl adjacent to an activating group) is 1. The van der Waals surface area contributed by atoms with Gasteiger partial charge in [-0.15, -0.1) is 10.2 Å². The van der Waals surface area contributed by atoms with Crippen LogP contribution in [-0.4, -0.2) is 36.8 Å². The summed E-state index contributed by atoms with van der Waals surface area (Å²) < 4.78 is 24.1. The van der Waals surface area contributed by atoms with Gasteiger partial charge < -0.3 is 19.4 Å². The number of nitrogens with one attached hydrogen (secondary N) is 2. The minimum absolute atomic E-state index is 0.165. The first-order valence-electron chi connectivity index (χ1n) is 8.82. The third-order valence-corrected chi connectivity index (χ3v) is 4.43. The van der Waals surface area contributed by atoms with E-state index in [2.05, 4.69) is 15.5 Å². The zero-order valence-corrected chi connectivity index (χ0v) is 15.9. The summed E-state index contributed by atoms with van der Waals surface area (Å²) in [6.07, 6.45) is 0. The molecule has 1 aromatic heterocycles. The quantitative estimate of drug-likeness (QED) is 0.651. The number of anilines is 1. The molecular formula is C20H22FN4O3+. The van der Waals surface area contributed by atoms with Crippen LogP contribution in [0, 0.1) is 5.82 Å². The van der Waals surface area contributed by atoms with Gasteiger partial charge in [0.05, 0.1) is 14.2 Å². The molecule has 2 N–H and O–H groups in total. The molecule has 3 aromatic rings. The lowest BCUT2D eigenvalue weighted by molar-refractivity contribution is -0.903. The van der Waals surface area contributed by atoms with Crippen molar-refractivity contribution in [2.45, 2.75) is 13.0 Å². The molecule has 0 fully saturated rings. The molecule has 0 aliphatic carbocycles. The second kappa shape index (κ2) is 8.62. The van der Waals surface area contributed by atoms with E-state index in [-0.39, 0.29) is 18.5 Å². The molecule has 0 aliphatic rings. The highest BCUT2D eigenvalue weighted by atomic mass is 19.1. The third-order valence-electron chi connectivity index (χ3n) is 4.43. The number of carbonyl (C=O) groups is 1. The number of halogens is 1. The average molecular weight is 385 g/mol. The summed E-state index contributed by atoms with van der Waals surface area (Å²) in [6.45, 7) is 2.06. The number of aromatic nitrogens is 2. The molecule has 2 aromatic carbocycles. The molecule has 146 valence electrons. The van der Waals surface area contributed by atoms with Crippen LogP contribution in [0.15, 0.2) is 52.9 Å². The molecule has 2 atom stereocenters. The fourth-order valence-electron chi connectivity index (χ4n) is 2.65. The van der Waals surface area contributed by atoms with Crippen molar-refractivity contribution in [1.82, 2.24) is 10.2 Å². The lowest BCUT2D eigenvalue weighted by Gasteiger charge is -2.18. The van der Waals surface area contributed by atoms with Crippen LogP contribution in [0.2, 0.25) is 0 Å². The van der Waals surface area contributed by atoms with E-state index in [1.807, 2.05) is 38.2 Å². The summed E-state index contributed by atoms with van der Waals surface area (Å²) in [5.74, 6) is 0.947. The molecule has 0 saturated carbocycles. The van der Waals surface area contributed by atoms with Crippen LogP contribution in [0.5, 0.6) is 5.75 Å². The zero-order chi connectivity index (χ0) is 20.1. The Bertz CT molecular complexity index is 943. The first-order chi connectivity index (χ1) is 13.5. The molecule has 28 heavy (non-hydrogen) atoms. The highest BCUT2D eigenvalue weighted by Gasteiger charge is 2.24. The van der Waals surface area contributed by atoms with Crippen molar-refractivity contribution in [2.24, 2.45) is 0 Å². The number of carbonyl (C=O) groups excluding carboxylic acids is 1. The van der Waals surface area contributed by atoms with Gasteiger partial charge in [-0.1, -0.05) is 6.07 Å². The van der Waals surface area contributed by atoms with Crippen LogP contribution in [0.1, 0.15) is 18.9 Å². The summed E-state index contributed by atoms with van der Waals surface area (Å²) in [7, 11) is 3.46. The number of methoxy groups -OCH3 is 1. The second-order valence-electron chi connectivity index (χ2n) is 6.48. The maximum Gasteiger partial charge on any atom is 0.279 e. The Hall–Kier alpha value is -3.26. The predicted molar refractivity (Wildman–Crippen MR) is 101 cm³/mol. The number of ether oxygens (including phenoxy) is 1. The molecule has 1 heterocycles. The number of amides is 1. The Morgan fingerprint density at radius 1 is 1.25 bits per heavy atom. The zero-order valence-electron chi connectivity index (χ0n) is 15.9. The Morgan fingerprint density at radius 2 is 2.00 bits per heavy atom. The highest BCUT2D eigenvalue weighted by molar-refractivity contribution is 5.91. The predicted octanol–water partition coefficient (Wildman–Crippen LogP) is 2.10. The number of rotatable bonds is 7. The van der Waals surface area contributed by atoms with Crippen LogP contribution >= 0.6 is 0 Å². The standard InChI is InChI=1S/C20H21FN4O3/c1-13(25(2)12-18(26)22-16-6-4-5-15(21)11-16)19-23-24-20(28-19)14-7-9-17(27-3)10-8-14/h4-11,13H,12H2,1-3H3,(H,22,26)/p+1/t13-/m1/s1. The van der Waals surface area contributed by atoms with Crippen LogP contribution in [0.4, 0.5) is 10.1 Å². The lowest BCUT2D eigenvalue weighted by atomic mass is 10.2. The summed E-state index contributed by atoms with van der Waals surface area (Å²) in [5.41, 5.74) is 1.21. The van der Waals surface area contributed by atoms with E-state index in [4.69, 9.17) is 9.15 Å². The van der Waals surface area contributed by atoms with Gasteiger partial charge in [0.25, 0.3) is 11.8 Å². The van der Waals surface area contributed by atoms with Gasteiger partial charge >= 0.3 is 0 Å². The Kier molecular flexibility index (Phi) is 6.00. The molecule has 0 aliphatic heterocycles. The molecule has 0 saturated heterocycles. The van der Waals surface area contributed by atoms with E-state index in [9.17, 15) is 9.18 Å². The molecule has 1 amide bonds. The monoisotopic (exact) mass is 385 g/mol. The molecule has 1 unspecified atom stereocenters. The van der Waals surface area contributed by atoms with E-state index in [0.29, 0.717) is 17.5 Å². The maximum absolute atomic E-state index is 13.2.